The van der Waals surface area contributed by atoms with Gasteiger partial charge >= 0.3 is 0 Å². The van der Waals surface area contributed by atoms with Crippen LogP contribution in [0.5, 0.6) is 0 Å². The first-order valence-corrected chi connectivity index (χ1v) is 13.2. The zero-order chi connectivity index (χ0) is 22.0. The summed E-state index contributed by atoms with van der Waals surface area (Å²) in [5.41, 5.74) is 0. The molecule has 0 aromatic heterocycles. The molecule has 1 N–H and O–H groups in total. The summed E-state index contributed by atoms with van der Waals surface area (Å²) in [7, 11) is 0. The Bertz CT molecular complexity index is 397. The molecule has 0 radical (unpaired) electrons. The molecule has 0 atom stereocenters. The predicted octanol–water partition coefficient (Wildman–Crippen LogP) is 8.87. The van der Waals surface area contributed by atoms with Crippen LogP contribution in [0.15, 0.2) is 24.3 Å². The summed E-state index contributed by atoms with van der Waals surface area (Å²) >= 11 is 0. The van der Waals surface area contributed by atoms with Gasteiger partial charge in [-0.05, 0) is 51.4 Å². The van der Waals surface area contributed by atoms with Crippen LogP contribution < -0.4 is 0 Å². The largest absolute Gasteiger partial charge is 0.396 e. The highest BCUT2D eigenvalue weighted by atomic mass is 16.2. The van der Waals surface area contributed by atoms with Crippen molar-refractivity contribution in [2.45, 2.75) is 142 Å². The molecule has 176 valence electrons. The van der Waals surface area contributed by atoms with Gasteiger partial charge in [0.15, 0.2) is 0 Å². The highest BCUT2D eigenvalue weighted by Gasteiger charge is 2.02. The van der Waals surface area contributed by atoms with E-state index in [0.29, 0.717) is 12.4 Å². The van der Waals surface area contributed by atoms with E-state index >= 15 is 0 Å². The summed E-state index contributed by atoms with van der Waals surface area (Å²) < 4.78 is 0. The fourth-order valence-corrected chi connectivity index (χ4v) is 3.75. The number of unbranched alkanes of at least 4 members (excludes halogenated alkanes) is 15. The normalized spacial score (nSPS) is 11.8. The highest BCUT2D eigenvalue weighted by Crippen LogP contribution is 2.12. The van der Waals surface area contributed by atoms with Crippen molar-refractivity contribution in [3.05, 3.63) is 24.3 Å². The van der Waals surface area contributed by atoms with Gasteiger partial charge in [-0.15, -0.1) is 0 Å². The maximum absolute atomic E-state index is 11.9. The van der Waals surface area contributed by atoms with E-state index in [2.05, 4.69) is 31.2 Å². The van der Waals surface area contributed by atoms with E-state index in [1.165, 1.54) is 89.9 Å². The number of allylic oxidation sites excluding steroid dienone is 4. The third-order valence-corrected chi connectivity index (χ3v) is 5.77. The molecule has 0 saturated heterocycles. The van der Waals surface area contributed by atoms with Gasteiger partial charge in [-0.3, -0.25) is 4.79 Å². The summed E-state index contributed by atoms with van der Waals surface area (Å²) in [6, 6.07) is 0. The number of carbonyl (C=O) groups excluding carboxylic acids is 1. The molecule has 0 spiro atoms. The quantitative estimate of drug-likeness (QED) is 0.125. The first kappa shape index (κ1) is 29.1. The average Bonchev–Trinajstić information content (AvgIpc) is 2.75. The Morgan fingerprint density at radius 2 is 1.00 bits per heavy atom. The number of hydrogen-bond acceptors (Lipinski definition) is 2. The molecule has 0 amide bonds. The molecule has 0 aliphatic heterocycles. The molecule has 30 heavy (non-hydrogen) atoms. The lowest BCUT2D eigenvalue weighted by atomic mass is 10.0. The van der Waals surface area contributed by atoms with E-state index in [1.807, 2.05) is 0 Å². The smallest absolute Gasteiger partial charge is 0.132 e. The molecule has 0 aliphatic carbocycles. The SMILES string of the molecule is CCCCCC=CCC=CCCCCCCCCCC(=O)CCCCCCCCO. The van der Waals surface area contributed by atoms with Crippen molar-refractivity contribution in [3.8, 4) is 0 Å². The summed E-state index contributed by atoms with van der Waals surface area (Å²) in [5.74, 6) is 0.466. The van der Waals surface area contributed by atoms with Crippen molar-refractivity contribution in [1.82, 2.24) is 0 Å². The van der Waals surface area contributed by atoms with Crippen LogP contribution in [0.1, 0.15) is 142 Å². The minimum Gasteiger partial charge on any atom is -0.396 e. The molecule has 0 aromatic carbocycles. The van der Waals surface area contributed by atoms with Crippen LogP contribution in [-0.4, -0.2) is 17.5 Å². The van der Waals surface area contributed by atoms with Gasteiger partial charge in [-0.2, -0.15) is 0 Å². The van der Waals surface area contributed by atoms with Crippen molar-refractivity contribution in [2.24, 2.45) is 0 Å². The summed E-state index contributed by atoms with van der Waals surface area (Å²) in [6.45, 7) is 2.57. The molecule has 0 unspecified atom stereocenters. The second-order valence-electron chi connectivity index (χ2n) is 8.82. The van der Waals surface area contributed by atoms with Crippen molar-refractivity contribution < 1.29 is 9.90 Å². The van der Waals surface area contributed by atoms with Gasteiger partial charge in [0.2, 0.25) is 0 Å². The fourth-order valence-electron chi connectivity index (χ4n) is 3.75. The van der Waals surface area contributed by atoms with Crippen LogP contribution in [0.2, 0.25) is 0 Å². The molecular formula is C28H52O2. The van der Waals surface area contributed by atoms with Crippen LogP contribution in [-0.2, 0) is 4.79 Å². The Balaban J connectivity index is 3.23. The van der Waals surface area contributed by atoms with E-state index in [4.69, 9.17) is 5.11 Å². The molecule has 0 rings (SSSR count). The average molecular weight is 421 g/mol. The number of rotatable bonds is 24. The topological polar surface area (TPSA) is 37.3 Å². The summed E-state index contributed by atoms with van der Waals surface area (Å²) in [4.78, 5) is 11.9. The van der Waals surface area contributed by atoms with Gasteiger partial charge in [0.25, 0.3) is 0 Å². The number of hydrogen-bond donors (Lipinski definition) is 1. The Hall–Kier alpha value is -0.890. The van der Waals surface area contributed by atoms with E-state index in [1.54, 1.807) is 0 Å². The molecule has 0 fully saturated rings. The number of carbonyl (C=O) groups is 1. The second kappa shape index (κ2) is 26.1. The van der Waals surface area contributed by atoms with E-state index < -0.39 is 0 Å². The lowest BCUT2D eigenvalue weighted by Crippen LogP contribution is -1.97. The first-order valence-electron chi connectivity index (χ1n) is 13.2. The molecule has 0 heterocycles. The van der Waals surface area contributed by atoms with Gasteiger partial charge < -0.3 is 5.11 Å². The van der Waals surface area contributed by atoms with E-state index in [0.717, 1.165) is 44.9 Å². The minimum atomic E-state index is 0.313. The molecule has 2 heteroatoms. The standard InChI is InChI=1S/C28H52O2/c1-2-3-4-5-6-7-8-9-10-11-12-13-14-15-16-19-22-25-28(30)26-23-20-17-18-21-24-27-29/h6-7,9-10,29H,2-5,8,11-27H2,1H3. The van der Waals surface area contributed by atoms with Crippen LogP contribution in [0.4, 0.5) is 0 Å². The molecule has 0 aliphatic rings. The maximum Gasteiger partial charge on any atom is 0.132 e. The molecule has 2 nitrogen and oxygen atoms in total. The zero-order valence-corrected chi connectivity index (χ0v) is 20.2. The van der Waals surface area contributed by atoms with Crippen LogP contribution >= 0.6 is 0 Å². The van der Waals surface area contributed by atoms with Crippen molar-refractivity contribution >= 4 is 5.78 Å². The van der Waals surface area contributed by atoms with Crippen molar-refractivity contribution in [2.75, 3.05) is 6.61 Å². The zero-order valence-electron chi connectivity index (χ0n) is 20.2. The molecule has 0 bridgehead atoms. The Kier molecular flexibility index (Phi) is 25.4. The fraction of sp³-hybridized carbons (Fsp3) is 0.821. The molecular weight excluding hydrogens is 368 g/mol. The van der Waals surface area contributed by atoms with E-state index in [-0.39, 0.29) is 0 Å². The predicted molar refractivity (Wildman–Crippen MR) is 133 cm³/mol. The maximum atomic E-state index is 11.9. The van der Waals surface area contributed by atoms with Crippen LogP contribution in [0, 0.1) is 0 Å². The highest BCUT2D eigenvalue weighted by molar-refractivity contribution is 5.78. The second-order valence-corrected chi connectivity index (χ2v) is 8.82. The van der Waals surface area contributed by atoms with Crippen molar-refractivity contribution in [3.63, 3.8) is 0 Å². The van der Waals surface area contributed by atoms with E-state index in [9.17, 15) is 4.79 Å². The summed E-state index contributed by atoms with van der Waals surface area (Å²) in [5, 5.41) is 8.73. The lowest BCUT2D eigenvalue weighted by molar-refractivity contribution is -0.119. The van der Waals surface area contributed by atoms with Gasteiger partial charge in [0.05, 0.1) is 0 Å². The minimum absolute atomic E-state index is 0.313. The molecule has 0 aromatic rings. The summed E-state index contributed by atoms with van der Waals surface area (Å²) in [6.07, 6.45) is 34.0. The van der Waals surface area contributed by atoms with Gasteiger partial charge in [0.1, 0.15) is 5.78 Å². The molecule has 0 saturated carbocycles. The Morgan fingerprint density at radius 1 is 0.567 bits per heavy atom. The Labute approximate surface area is 188 Å². The van der Waals surface area contributed by atoms with Gasteiger partial charge in [-0.25, -0.2) is 0 Å². The number of ketones is 1. The third kappa shape index (κ3) is 25.1. The van der Waals surface area contributed by atoms with Crippen LogP contribution in [0.3, 0.4) is 0 Å². The van der Waals surface area contributed by atoms with Crippen molar-refractivity contribution in [1.29, 1.82) is 0 Å². The van der Waals surface area contributed by atoms with Gasteiger partial charge in [0, 0.05) is 19.4 Å². The Morgan fingerprint density at radius 3 is 1.50 bits per heavy atom. The number of Topliss-reactive ketones (excluding diaryl/α,β-unsaturated/α-hetero) is 1. The van der Waals surface area contributed by atoms with Gasteiger partial charge in [-0.1, -0.05) is 102 Å². The number of aliphatic hydroxyl groups excluding tert-OH is 1. The monoisotopic (exact) mass is 420 g/mol. The number of aliphatic hydroxyl groups is 1. The third-order valence-electron chi connectivity index (χ3n) is 5.77. The first-order chi connectivity index (χ1) is 14.8. The van der Waals surface area contributed by atoms with Crippen LogP contribution in [0.25, 0.3) is 0 Å². The lowest BCUT2D eigenvalue weighted by Gasteiger charge is -2.03.